The van der Waals surface area contributed by atoms with Crippen LogP contribution in [0.4, 0.5) is 0 Å². The standard InChI is InChI=1S/C18H29NO/c1-3-13-19-14(2)18(20)17-11-9-16(10-12-17)15-7-5-4-6-8-15/h9-12,14-15,18-20H,3-8,13H2,1-2H3. The Morgan fingerprint density at radius 3 is 2.40 bits per heavy atom. The average molecular weight is 275 g/mol. The van der Waals surface area contributed by atoms with Crippen LogP contribution in [0.15, 0.2) is 24.3 Å². The fourth-order valence-electron chi connectivity index (χ4n) is 3.17. The van der Waals surface area contributed by atoms with E-state index >= 15 is 0 Å². The third-order valence-corrected chi connectivity index (χ3v) is 4.54. The SMILES string of the molecule is CCCNC(C)C(O)c1ccc(C2CCCCC2)cc1. The van der Waals surface area contributed by atoms with Gasteiger partial charge in [0.15, 0.2) is 0 Å². The number of aliphatic hydroxyl groups excluding tert-OH is 1. The summed E-state index contributed by atoms with van der Waals surface area (Å²) in [6, 6.07) is 8.77. The molecule has 0 bridgehead atoms. The van der Waals surface area contributed by atoms with Crippen molar-refractivity contribution in [1.82, 2.24) is 5.32 Å². The topological polar surface area (TPSA) is 32.3 Å². The fraction of sp³-hybridized carbons (Fsp3) is 0.667. The van der Waals surface area contributed by atoms with Gasteiger partial charge in [-0.15, -0.1) is 0 Å². The van der Waals surface area contributed by atoms with Gasteiger partial charge in [-0.05, 0) is 49.8 Å². The second-order valence-electron chi connectivity index (χ2n) is 6.19. The van der Waals surface area contributed by atoms with E-state index in [1.54, 1.807) is 0 Å². The van der Waals surface area contributed by atoms with Crippen LogP contribution in [0.1, 0.15) is 75.5 Å². The summed E-state index contributed by atoms with van der Waals surface area (Å²) in [7, 11) is 0. The maximum absolute atomic E-state index is 10.4. The second-order valence-corrected chi connectivity index (χ2v) is 6.19. The number of nitrogens with one attached hydrogen (secondary N) is 1. The molecular weight excluding hydrogens is 246 g/mol. The molecule has 1 aromatic rings. The molecular formula is C18H29NO. The lowest BCUT2D eigenvalue weighted by atomic mass is 9.83. The van der Waals surface area contributed by atoms with Crippen molar-refractivity contribution in [3.05, 3.63) is 35.4 Å². The molecule has 112 valence electrons. The molecule has 1 aromatic carbocycles. The lowest BCUT2D eigenvalue weighted by molar-refractivity contribution is 0.136. The van der Waals surface area contributed by atoms with Crippen molar-refractivity contribution in [3.63, 3.8) is 0 Å². The summed E-state index contributed by atoms with van der Waals surface area (Å²) in [6.45, 7) is 5.15. The largest absolute Gasteiger partial charge is 0.387 e. The van der Waals surface area contributed by atoms with Crippen molar-refractivity contribution >= 4 is 0 Å². The Bertz CT molecular complexity index is 381. The Kier molecular flexibility index (Phi) is 6.06. The van der Waals surface area contributed by atoms with Crippen molar-refractivity contribution in [2.45, 2.75) is 70.4 Å². The number of aliphatic hydroxyl groups is 1. The Hall–Kier alpha value is -0.860. The number of hydrogen-bond donors (Lipinski definition) is 2. The maximum Gasteiger partial charge on any atom is 0.0940 e. The van der Waals surface area contributed by atoms with Crippen molar-refractivity contribution < 1.29 is 5.11 Å². The second kappa shape index (κ2) is 7.80. The van der Waals surface area contributed by atoms with Crippen LogP contribution < -0.4 is 5.32 Å². The van der Waals surface area contributed by atoms with Crippen molar-refractivity contribution in [3.8, 4) is 0 Å². The van der Waals surface area contributed by atoms with Gasteiger partial charge >= 0.3 is 0 Å². The first-order chi connectivity index (χ1) is 9.72. The maximum atomic E-state index is 10.4. The molecule has 2 heteroatoms. The van der Waals surface area contributed by atoms with Crippen molar-refractivity contribution in [1.29, 1.82) is 0 Å². The molecule has 2 nitrogen and oxygen atoms in total. The third kappa shape index (κ3) is 4.07. The molecule has 20 heavy (non-hydrogen) atoms. The monoisotopic (exact) mass is 275 g/mol. The Morgan fingerprint density at radius 1 is 1.15 bits per heavy atom. The number of rotatable bonds is 6. The first kappa shape index (κ1) is 15.5. The van der Waals surface area contributed by atoms with E-state index in [1.165, 1.54) is 37.7 Å². The van der Waals surface area contributed by atoms with E-state index in [1.807, 2.05) is 0 Å². The van der Waals surface area contributed by atoms with E-state index in [4.69, 9.17) is 0 Å². The van der Waals surface area contributed by atoms with Crippen LogP contribution in [0.3, 0.4) is 0 Å². The zero-order chi connectivity index (χ0) is 14.4. The van der Waals surface area contributed by atoms with Crippen LogP contribution in [-0.2, 0) is 0 Å². The number of benzene rings is 1. The minimum atomic E-state index is -0.415. The molecule has 0 aliphatic heterocycles. The molecule has 1 fully saturated rings. The minimum absolute atomic E-state index is 0.107. The van der Waals surface area contributed by atoms with Crippen molar-refractivity contribution in [2.75, 3.05) is 6.54 Å². The smallest absolute Gasteiger partial charge is 0.0940 e. The highest BCUT2D eigenvalue weighted by atomic mass is 16.3. The van der Waals surface area contributed by atoms with Gasteiger partial charge in [0, 0.05) is 6.04 Å². The first-order valence-corrected chi connectivity index (χ1v) is 8.23. The molecule has 0 aromatic heterocycles. The molecule has 0 heterocycles. The van der Waals surface area contributed by atoms with Gasteiger partial charge in [0.2, 0.25) is 0 Å². The summed E-state index contributed by atoms with van der Waals surface area (Å²) in [5.74, 6) is 0.741. The van der Waals surface area contributed by atoms with E-state index in [0.717, 1.165) is 24.4 Å². The molecule has 1 saturated carbocycles. The van der Waals surface area contributed by atoms with Gasteiger partial charge in [0.05, 0.1) is 6.10 Å². The first-order valence-electron chi connectivity index (χ1n) is 8.23. The highest BCUT2D eigenvalue weighted by Crippen LogP contribution is 2.33. The highest BCUT2D eigenvalue weighted by Gasteiger charge is 2.18. The molecule has 0 amide bonds. The molecule has 1 aliphatic rings. The lowest BCUT2D eigenvalue weighted by Gasteiger charge is -2.24. The highest BCUT2D eigenvalue weighted by molar-refractivity contribution is 5.27. The Morgan fingerprint density at radius 2 is 1.80 bits per heavy atom. The van der Waals surface area contributed by atoms with Crippen molar-refractivity contribution in [2.24, 2.45) is 0 Å². The van der Waals surface area contributed by atoms with E-state index < -0.39 is 6.10 Å². The third-order valence-electron chi connectivity index (χ3n) is 4.54. The molecule has 2 rings (SSSR count). The Labute approximate surface area is 123 Å². The molecule has 2 N–H and O–H groups in total. The van der Waals surface area contributed by atoms with Crippen LogP contribution in [0.2, 0.25) is 0 Å². The van der Waals surface area contributed by atoms with Gasteiger partial charge in [-0.3, -0.25) is 0 Å². The Balaban J connectivity index is 1.96. The number of hydrogen-bond acceptors (Lipinski definition) is 2. The van der Waals surface area contributed by atoms with Crippen LogP contribution >= 0.6 is 0 Å². The summed E-state index contributed by atoms with van der Waals surface area (Å²) < 4.78 is 0. The quantitative estimate of drug-likeness (QED) is 0.817. The predicted molar refractivity (Wildman–Crippen MR) is 85.0 cm³/mol. The molecule has 0 spiro atoms. The zero-order valence-electron chi connectivity index (χ0n) is 12.9. The van der Waals surface area contributed by atoms with Crippen LogP contribution in [-0.4, -0.2) is 17.7 Å². The van der Waals surface area contributed by atoms with Gasteiger partial charge in [0.1, 0.15) is 0 Å². The van der Waals surface area contributed by atoms with E-state index in [2.05, 4.69) is 43.4 Å². The molecule has 1 aliphatic carbocycles. The molecule has 2 unspecified atom stereocenters. The molecule has 0 saturated heterocycles. The minimum Gasteiger partial charge on any atom is -0.387 e. The van der Waals surface area contributed by atoms with Crippen LogP contribution in [0, 0.1) is 0 Å². The van der Waals surface area contributed by atoms with Crippen LogP contribution in [0.25, 0.3) is 0 Å². The van der Waals surface area contributed by atoms with Crippen LogP contribution in [0.5, 0.6) is 0 Å². The lowest BCUT2D eigenvalue weighted by Crippen LogP contribution is -2.32. The van der Waals surface area contributed by atoms with Gasteiger partial charge in [-0.25, -0.2) is 0 Å². The zero-order valence-corrected chi connectivity index (χ0v) is 12.9. The summed E-state index contributed by atoms with van der Waals surface area (Å²) in [5, 5.41) is 13.7. The fourth-order valence-corrected chi connectivity index (χ4v) is 3.17. The van der Waals surface area contributed by atoms with Gasteiger partial charge in [0.25, 0.3) is 0 Å². The van der Waals surface area contributed by atoms with E-state index in [0.29, 0.717) is 0 Å². The predicted octanol–water partition coefficient (Wildman–Crippen LogP) is 4.16. The van der Waals surface area contributed by atoms with Gasteiger partial charge in [-0.1, -0.05) is 50.5 Å². The molecule has 0 radical (unpaired) electrons. The summed E-state index contributed by atoms with van der Waals surface area (Å²) in [5.41, 5.74) is 2.48. The molecule has 2 atom stereocenters. The normalized spacial score (nSPS) is 19.8. The summed E-state index contributed by atoms with van der Waals surface area (Å²) in [6.07, 6.45) is 7.47. The van der Waals surface area contributed by atoms with E-state index in [-0.39, 0.29) is 6.04 Å². The van der Waals surface area contributed by atoms with Gasteiger partial charge < -0.3 is 10.4 Å². The van der Waals surface area contributed by atoms with Gasteiger partial charge in [-0.2, -0.15) is 0 Å². The summed E-state index contributed by atoms with van der Waals surface area (Å²) >= 11 is 0. The summed E-state index contributed by atoms with van der Waals surface area (Å²) in [4.78, 5) is 0. The average Bonchev–Trinajstić information content (AvgIpc) is 2.53. The van der Waals surface area contributed by atoms with E-state index in [9.17, 15) is 5.11 Å².